The summed E-state index contributed by atoms with van der Waals surface area (Å²) in [5.74, 6) is -0.140. The fraction of sp³-hybridized carbons (Fsp3) is 0. The van der Waals surface area contributed by atoms with Gasteiger partial charge < -0.3 is 11.5 Å². The lowest BCUT2D eigenvalue weighted by atomic mass is 10.00. The Morgan fingerprint density at radius 1 is 1.14 bits per heavy atom. The average molecular weight is 283 g/mol. The summed E-state index contributed by atoms with van der Waals surface area (Å²) < 4.78 is 0. The molecule has 7 nitrogen and oxygen atoms in total. The first-order valence-corrected chi connectivity index (χ1v) is 6.04. The van der Waals surface area contributed by atoms with Crippen LogP contribution >= 0.6 is 0 Å². The van der Waals surface area contributed by atoms with Crippen molar-refractivity contribution in [1.29, 1.82) is 0 Å². The van der Waals surface area contributed by atoms with E-state index in [2.05, 4.69) is 10.2 Å². The Morgan fingerprint density at radius 3 is 2.62 bits per heavy atom. The molecule has 0 aliphatic carbocycles. The summed E-state index contributed by atoms with van der Waals surface area (Å²) in [6, 6.07) is 13.7. The fourth-order valence-corrected chi connectivity index (χ4v) is 1.82. The third-order valence-corrected chi connectivity index (χ3v) is 2.70. The second kappa shape index (κ2) is 6.29. The Hall–Kier alpha value is -3.22. The molecule has 2 aromatic rings. The lowest BCUT2D eigenvalue weighted by molar-refractivity contribution is -0.384. The van der Waals surface area contributed by atoms with Crippen LogP contribution in [0.3, 0.4) is 0 Å². The molecule has 21 heavy (non-hydrogen) atoms. The van der Waals surface area contributed by atoms with Gasteiger partial charge in [0.05, 0.1) is 11.1 Å². The minimum atomic E-state index is -0.431. The zero-order chi connectivity index (χ0) is 15.2. The highest BCUT2D eigenvalue weighted by molar-refractivity contribution is 5.91. The van der Waals surface area contributed by atoms with Crippen molar-refractivity contribution < 1.29 is 4.92 Å². The first-order chi connectivity index (χ1) is 10.1. The molecule has 0 aliphatic heterocycles. The molecule has 2 aromatic carbocycles. The van der Waals surface area contributed by atoms with E-state index >= 15 is 0 Å². The van der Waals surface area contributed by atoms with Crippen LogP contribution in [0.15, 0.2) is 58.7 Å². The number of benzene rings is 2. The Morgan fingerprint density at radius 2 is 1.90 bits per heavy atom. The van der Waals surface area contributed by atoms with Gasteiger partial charge >= 0.3 is 0 Å². The van der Waals surface area contributed by atoms with Gasteiger partial charge in [0.15, 0.2) is 0 Å². The maximum atomic E-state index is 10.9. The van der Waals surface area contributed by atoms with E-state index in [0.717, 1.165) is 16.7 Å². The summed E-state index contributed by atoms with van der Waals surface area (Å²) in [4.78, 5) is 10.4. The lowest BCUT2D eigenvalue weighted by Crippen LogP contribution is -2.21. The topological polar surface area (TPSA) is 120 Å². The van der Waals surface area contributed by atoms with Crippen molar-refractivity contribution in [2.75, 3.05) is 0 Å². The monoisotopic (exact) mass is 283 g/mol. The predicted molar refractivity (Wildman–Crippen MR) is 81.9 cm³/mol. The summed E-state index contributed by atoms with van der Waals surface area (Å²) in [7, 11) is 0. The van der Waals surface area contributed by atoms with Crippen molar-refractivity contribution in [1.82, 2.24) is 0 Å². The van der Waals surface area contributed by atoms with Crippen LogP contribution in [0.2, 0.25) is 0 Å². The molecule has 4 N–H and O–H groups in total. The Labute approximate surface area is 120 Å². The molecule has 0 saturated heterocycles. The molecule has 0 atom stereocenters. The third kappa shape index (κ3) is 3.63. The SMILES string of the molecule is NC(N)=NN=Cc1ccccc1-c1cccc([N+](=O)[O-])c1. The van der Waals surface area contributed by atoms with Crippen LogP contribution in [-0.4, -0.2) is 17.1 Å². The summed E-state index contributed by atoms with van der Waals surface area (Å²) >= 11 is 0. The van der Waals surface area contributed by atoms with Crippen molar-refractivity contribution in [3.05, 3.63) is 64.2 Å². The standard InChI is InChI=1S/C14H13N5O2/c15-14(16)18-17-9-11-4-1-2-7-13(11)10-5-3-6-12(8-10)19(20)21/h1-9H,(H4,15,16,18). The van der Waals surface area contributed by atoms with Crippen LogP contribution in [-0.2, 0) is 0 Å². The van der Waals surface area contributed by atoms with Crippen LogP contribution in [0, 0.1) is 10.1 Å². The zero-order valence-electron chi connectivity index (χ0n) is 11.0. The second-order valence-electron chi connectivity index (χ2n) is 4.16. The molecule has 0 aliphatic rings. The van der Waals surface area contributed by atoms with E-state index in [1.165, 1.54) is 18.3 Å². The molecular weight excluding hydrogens is 270 g/mol. The van der Waals surface area contributed by atoms with E-state index in [0.29, 0.717) is 0 Å². The number of non-ortho nitro benzene ring substituents is 1. The normalized spacial score (nSPS) is 10.5. The van der Waals surface area contributed by atoms with Crippen molar-refractivity contribution >= 4 is 17.9 Å². The Bertz CT molecular complexity index is 721. The van der Waals surface area contributed by atoms with E-state index in [1.807, 2.05) is 24.3 Å². The highest BCUT2D eigenvalue weighted by Gasteiger charge is 2.09. The molecule has 106 valence electrons. The van der Waals surface area contributed by atoms with Gasteiger partial charge in [-0.25, -0.2) is 0 Å². The minimum absolute atomic E-state index is 0.0310. The van der Waals surface area contributed by atoms with Gasteiger partial charge in [-0.3, -0.25) is 10.1 Å². The van der Waals surface area contributed by atoms with E-state index < -0.39 is 4.92 Å². The second-order valence-corrected chi connectivity index (χ2v) is 4.16. The van der Waals surface area contributed by atoms with Gasteiger partial charge in [0.1, 0.15) is 0 Å². The number of hydrogen-bond acceptors (Lipinski definition) is 4. The Kier molecular flexibility index (Phi) is 4.25. The zero-order valence-corrected chi connectivity index (χ0v) is 11.0. The van der Waals surface area contributed by atoms with Gasteiger partial charge in [0.25, 0.3) is 5.69 Å². The molecule has 0 aromatic heterocycles. The van der Waals surface area contributed by atoms with Crippen LogP contribution in [0.4, 0.5) is 5.69 Å². The van der Waals surface area contributed by atoms with Crippen molar-refractivity contribution in [3.8, 4) is 11.1 Å². The molecule has 0 heterocycles. The quantitative estimate of drug-likeness (QED) is 0.385. The average Bonchev–Trinajstić information content (AvgIpc) is 2.47. The van der Waals surface area contributed by atoms with Crippen LogP contribution in [0.25, 0.3) is 11.1 Å². The van der Waals surface area contributed by atoms with Gasteiger partial charge in [-0.2, -0.15) is 5.10 Å². The summed E-state index contributed by atoms with van der Waals surface area (Å²) in [5, 5.41) is 18.1. The molecule has 0 unspecified atom stereocenters. The Balaban J connectivity index is 2.45. The molecule has 0 amide bonds. The number of hydrogen-bond donors (Lipinski definition) is 2. The molecular formula is C14H13N5O2. The van der Waals surface area contributed by atoms with Gasteiger partial charge in [-0.15, -0.1) is 5.10 Å². The molecule has 0 saturated carbocycles. The number of nitro benzene ring substituents is 1. The van der Waals surface area contributed by atoms with E-state index in [1.54, 1.807) is 12.1 Å². The minimum Gasteiger partial charge on any atom is -0.369 e. The first-order valence-electron chi connectivity index (χ1n) is 6.04. The number of nitrogens with two attached hydrogens (primary N) is 2. The number of nitro groups is 1. The van der Waals surface area contributed by atoms with Gasteiger partial charge in [0, 0.05) is 17.7 Å². The van der Waals surface area contributed by atoms with Gasteiger partial charge in [-0.05, 0) is 11.1 Å². The molecule has 0 spiro atoms. The summed E-state index contributed by atoms with van der Waals surface area (Å²) in [5.41, 5.74) is 12.7. The largest absolute Gasteiger partial charge is 0.369 e. The van der Waals surface area contributed by atoms with Crippen LogP contribution < -0.4 is 11.5 Å². The van der Waals surface area contributed by atoms with Crippen molar-refractivity contribution in [3.63, 3.8) is 0 Å². The molecule has 0 bridgehead atoms. The highest BCUT2D eigenvalue weighted by Crippen LogP contribution is 2.26. The van der Waals surface area contributed by atoms with Crippen LogP contribution in [0.5, 0.6) is 0 Å². The van der Waals surface area contributed by atoms with Crippen LogP contribution in [0.1, 0.15) is 5.56 Å². The summed E-state index contributed by atoms with van der Waals surface area (Å²) in [6.45, 7) is 0. The number of nitrogens with zero attached hydrogens (tertiary/aromatic N) is 3. The smallest absolute Gasteiger partial charge is 0.270 e. The summed E-state index contributed by atoms with van der Waals surface area (Å²) in [6.07, 6.45) is 1.49. The van der Waals surface area contributed by atoms with Crippen molar-refractivity contribution in [2.45, 2.75) is 0 Å². The van der Waals surface area contributed by atoms with E-state index in [-0.39, 0.29) is 11.6 Å². The van der Waals surface area contributed by atoms with Crippen molar-refractivity contribution in [2.24, 2.45) is 21.7 Å². The molecule has 0 fully saturated rings. The van der Waals surface area contributed by atoms with E-state index in [9.17, 15) is 10.1 Å². The number of guanidine groups is 1. The third-order valence-electron chi connectivity index (χ3n) is 2.70. The molecule has 2 rings (SSSR count). The maximum absolute atomic E-state index is 10.9. The van der Waals surface area contributed by atoms with Gasteiger partial charge in [0.2, 0.25) is 5.96 Å². The molecule has 7 heteroatoms. The first kappa shape index (κ1) is 14.2. The highest BCUT2D eigenvalue weighted by atomic mass is 16.6. The number of rotatable bonds is 4. The lowest BCUT2D eigenvalue weighted by Gasteiger charge is -2.05. The molecule has 0 radical (unpaired) electrons. The maximum Gasteiger partial charge on any atom is 0.270 e. The van der Waals surface area contributed by atoms with E-state index in [4.69, 9.17) is 11.5 Å². The predicted octanol–water partition coefficient (Wildman–Crippen LogP) is 1.87. The fourth-order valence-electron chi connectivity index (χ4n) is 1.82. The van der Waals surface area contributed by atoms with Gasteiger partial charge in [-0.1, -0.05) is 36.4 Å².